The van der Waals surface area contributed by atoms with Gasteiger partial charge in [0.25, 0.3) is 11.9 Å². The molecule has 2 atom stereocenters. The maximum Gasteiger partial charge on any atom is 0.266 e. The van der Waals surface area contributed by atoms with Crippen LogP contribution in [0.25, 0.3) is 0 Å². The summed E-state index contributed by atoms with van der Waals surface area (Å²) in [5, 5.41) is 10.5. The van der Waals surface area contributed by atoms with Crippen molar-refractivity contribution in [3.8, 4) is 5.88 Å². The van der Waals surface area contributed by atoms with Gasteiger partial charge >= 0.3 is 0 Å². The van der Waals surface area contributed by atoms with Gasteiger partial charge in [0, 0.05) is 50.7 Å². The topological polar surface area (TPSA) is 126 Å². The molecule has 2 aromatic rings. The lowest BCUT2D eigenvalue weighted by atomic mass is 9.92. The quantitative estimate of drug-likeness (QED) is 0.427. The van der Waals surface area contributed by atoms with Gasteiger partial charge < -0.3 is 29.7 Å². The van der Waals surface area contributed by atoms with E-state index in [0.29, 0.717) is 54.5 Å². The van der Waals surface area contributed by atoms with E-state index in [1.807, 2.05) is 11.8 Å². The van der Waals surface area contributed by atoms with Crippen LogP contribution in [0.2, 0.25) is 0 Å². The van der Waals surface area contributed by atoms with Gasteiger partial charge in [-0.3, -0.25) is 9.59 Å². The summed E-state index contributed by atoms with van der Waals surface area (Å²) in [4.78, 5) is 38.7. The maximum atomic E-state index is 12.9. The van der Waals surface area contributed by atoms with Gasteiger partial charge in [0.1, 0.15) is 0 Å². The Morgan fingerprint density at radius 3 is 2.62 bits per heavy atom. The number of pyridine rings is 1. The molecule has 218 valence electrons. The van der Waals surface area contributed by atoms with Crippen molar-refractivity contribution in [3.63, 3.8) is 0 Å². The highest BCUT2D eigenvalue weighted by Crippen LogP contribution is 2.26. The third-order valence-corrected chi connectivity index (χ3v) is 8.32. The molecule has 2 N–H and O–H groups in total. The Morgan fingerprint density at radius 2 is 1.93 bits per heavy atom. The predicted octanol–water partition coefficient (Wildman–Crippen LogP) is 3.05. The summed E-state index contributed by atoms with van der Waals surface area (Å²) in [5.74, 6) is 2.84. The molecule has 3 fully saturated rings. The average Bonchev–Trinajstić information content (AvgIpc) is 3.73. The molecule has 3 saturated heterocycles. The van der Waals surface area contributed by atoms with Crippen LogP contribution in [0.15, 0.2) is 16.7 Å². The van der Waals surface area contributed by atoms with E-state index >= 15 is 0 Å². The van der Waals surface area contributed by atoms with Crippen molar-refractivity contribution in [1.82, 2.24) is 30.7 Å². The van der Waals surface area contributed by atoms with Crippen LogP contribution in [0, 0.1) is 12.8 Å². The summed E-state index contributed by atoms with van der Waals surface area (Å²) in [7, 11) is 0. The summed E-state index contributed by atoms with van der Waals surface area (Å²) in [6.07, 6.45) is 7.05. The molecular weight excluding hydrogens is 510 g/mol. The van der Waals surface area contributed by atoms with Crippen LogP contribution in [0.1, 0.15) is 86.7 Å². The fourth-order valence-electron chi connectivity index (χ4n) is 5.87. The van der Waals surface area contributed by atoms with Crippen LogP contribution < -0.4 is 20.3 Å². The minimum Gasteiger partial charge on any atom is -0.478 e. The van der Waals surface area contributed by atoms with Gasteiger partial charge in [0.15, 0.2) is 0 Å². The third-order valence-electron chi connectivity index (χ3n) is 8.32. The second-order valence-corrected chi connectivity index (χ2v) is 11.7. The molecule has 0 saturated carbocycles. The number of hydrogen-bond donors (Lipinski definition) is 2. The Bertz CT molecular complexity index is 1160. The van der Waals surface area contributed by atoms with Gasteiger partial charge in [-0.25, -0.2) is 4.98 Å². The van der Waals surface area contributed by atoms with E-state index in [-0.39, 0.29) is 29.8 Å². The summed E-state index contributed by atoms with van der Waals surface area (Å²) in [6, 6.07) is 3.26. The zero-order chi connectivity index (χ0) is 28.1. The minimum atomic E-state index is -0.214. The molecule has 5 rings (SSSR count). The van der Waals surface area contributed by atoms with E-state index in [2.05, 4.69) is 44.5 Å². The summed E-state index contributed by atoms with van der Waals surface area (Å²) < 4.78 is 11.3. The van der Waals surface area contributed by atoms with Gasteiger partial charge in [-0.05, 0) is 69.0 Å². The standard InChI is InChI=1S/C29H43N7O4/c1-19(2)27-33-29(34-40-27)36-14-10-21(11-15-36)7-6-16-39-25-9-8-23(20(3)31-25)26(37)32-22-17-24(30-18-22)28(38)35-12-4-5-13-35/h8-9,19,21-22,24,30H,4-7,10-18H2,1-3H3,(H,32,37)/t22-,24-/m0/s1. The van der Waals surface area contributed by atoms with Crippen molar-refractivity contribution in [2.75, 3.05) is 44.2 Å². The van der Waals surface area contributed by atoms with Gasteiger partial charge in [0.05, 0.1) is 23.9 Å². The number of likely N-dealkylation sites (tertiary alicyclic amines) is 1. The zero-order valence-corrected chi connectivity index (χ0v) is 24.0. The maximum absolute atomic E-state index is 12.9. The first-order valence-corrected chi connectivity index (χ1v) is 14.9. The Hall–Kier alpha value is -3.21. The number of piperidine rings is 1. The number of carbonyl (C=O) groups excluding carboxylic acids is 2. The molecule has 3 aliphatic rings. The number of nitrogens with zero attached hydrogens (tertiary/aromatic N) is 5. The Kier molecular flexibility index (Phi) is 9.18. The number of anilines is 1. The van der Waals surface area contributed by atoms with Crippen molar-refractivity contribution >= 4 is 17.8 Å². The van der Waals surface area contributed by atoms with Crippen LogP contribution in [0.3, 0.4) is 0 Å². The molecule has 0 spiro atoms. The van der Waals surface area contributed by atoms with E-state index in [4.69, 9.17) is 9.26 Å². The number of amides is 2. The molecule has 11 nitrogen and oxygen atoms in total. The number of rotatable bonds is 10. The molecule has 2 aromatic heterocycles. The number of aryl methyl sites for hydroxylation is 1. The minimum absolute atomic E-state index is 0.0732. The number of ether oxygens (including phenoxy) is 1. The molecular formula is C29H43N7O4. The van der Waals surface area contributed by atoms with E-state index in [9.17, 15) is 9.59 Å². The van der Waals surface area contributed by atoms with E-state index in [1.165, 1.54) is 0 Å². The van der Waals surface area contributed by atoms with Crippen molar-refractivity contribution in [2.24, 2.45) is 5.92 Å². The number of aromatic nitrogens is 3. The molecule has 11 heteroatoms. The zero-order valence-electron chi connectivity index (χ0n) is 24.0. The largest absolute Gasteiger partial charge is 0.478 e. The van der Waals surface area contributed by atoms with Crippen LogP contribution in [-0.4, -0.2) is 83.3 Å². The van der Waals surface area contributed by atoms with Crippen LogP contribution in [-0.2, 0) is 4.79 Å². The summed E-state index contributed by atoms with van der Waals surface area (Å²) in [6.45, 7) is 10.7. The molecule has 40 heavy (non-hydrogen) atoms. The second-order valence-electron chi connectivity index (χ2n) is 11.7. The molecule has 0 unspecified atom stereocenters. The van der Waals surface area contributed by atoms with E-state index in [0.717, 1.165) is 64.7 Å². The highest BCUT2D eigenvalue weighted by atomic mass is 16.5. The van der Waals surface area contributed by atoms with Crippen molar-refractivity contribution in [1.29, 1.82) is 0 Å². The first-order valence-electron chi connectivity index (χ1n) is 14.9. The molecule has 0 aliphatic carbocycles. The normalized spacial score (nSPS) is 21.8. The van der Waals surface area contributed by atoms with Gasteiger partial charge in [-0.1, -0.05) is 13.8 Å². The predicted molar refractivity (Wildman–Crippen MR) is 151 cm³/mol. The molecule has 0 radical (unpaired) electrons. The number of hydrogen-bond acceptors (Lipinski definition) is 9. The smallest absolute Gasteiger partial charge is 0.266 e. The lowest BCUT2D eigenvalue weighted by molar-refractivity contribution is -0.132. The highest BCUT2D eigenvalue weighted by Gasteiger charge is 2.34. The van der Waals surface area contributed by atoms with E-state index < -0.39 is 0 Å². The van der Waals surface area contributed by atoms with Crippen LogP contribution in [0.4, 0.5) is 5.95 Å². The lowest BCUT2D eigenvalue weighted by Gasteiger charge is -2.30. The molecule has 2 amide bonds. The first kappa shape index (κ1) is 28.3. The average molecular weight is 554 g/mol. The number of carbonyl (C=O) groups is 2. The van der Waals surface area contributed by atoms with Gasteiger partial charge in [-0.15, -0.1) is 0 Å². The fraction of sp³-hybridized carbons (Fsp3) is 0.690. The van der Waals surface area contributed by atoms with Gasteiger partial charge in [0.2, 0.25) is 17.7 Å². The highest BCUT2D eigenvalue weighted by molar-refractivity contribution is 5.95. The van der Waals surface area contributed by atoms with Crippen molar-refractivity contribution in [3.05, 3.63) is 29.3 Å². The molecule has 0 aromatic carbocycles. The van der Waals surface area contributed by atoms with Crippen LogP contribution >= 0.6 is 0 Å². The summed E-state index contributed by atoms with van der Waals surface area (Å²) in [5.41, 5.74) is 1.18. The lowest BCUT2D eigenvalue weighted by Crippen LogP contribution is -2.42. The fourth-order valence-corrected chi connectivity index (χ4v) is 5.87. The summed E-state index contributed by atoms with van der Waals surface area (Å²) >= 11 is 0. The van der Waals surface area contributed by atoms with Crippen molar-refractivity contribution < 1.29 is 18.8 Å². The van der Waals surface area contributed by atoms with Gasteiger partial charge in [-0.2, -0.15) is 4.98 Å². The Balaban J connectivity index is 1.00. The third kappa shape index (κ3) is 6.92. The SMILES string of the molecule is Cc1nc(OCCCC2CCN(c3noc(C(C)C)n3)CC2)ccc1C(=O)N[C@@H]1CN[C@H](C(=O)N2CCCC2)C1. The second kappa shape index (κ2) is 13.0. The van der Waals surface area contributed by atoms with Crippen molar-refractivity contribution in [2.45, 2.75) is 83.7 Å². The Labute approximate surface area is 236 Å². The first-order chi connectivity index (χ1) is 19.4. The Morgan fingerprint density at radius 1 is 1.15 bits per heavy atom. The monoisotopic (exact) mass is 553 g/mol. The van der Waals surface area contributed by atoms with Crippen LogP contribution in [0.5, 0.6) is 5.88 Å². The molecule has 3 aliphatic heterocycles. The molecule has 5 heterocycles. The van der Waals surface area contributed by atoms with E-state index in [1.54, 1.807) is 12.1 Å². The molecule has 0 bridgehead atoms. The number of nitrogens with one attached hydrogen (secondary N) is 2.